The molecule has 1 amide bonds. The summed E-state index contributed by atoms with van der Waals surface area (Å²) in [6, 6.07) is 14.6. The Labute approximate surface area is 218 Å². The van der Waals surface area contributed by atoms with E-state index in [2.05, 4.69) is 68.6 Å². The molecule has 0 radical (unpaired) electrons. The number of nitrogens with zero attached hydrogens (tertiary/aromatic N) is 3. The number of H-pyrrole nitrogens is 2. The van der Waals surface area contributed by atoms with Crippen LogP contribution >= 0.6 is 11.3 Å². The fourth-order valence-corrected chi connectivity index (χ4v) is 5.47. The second-order valence-corrected chi connectivity index (χ2v) is 10.5. The Hall–Kier alpha value is -4.30. The van der Waals surface area contributed by atoms with Gasteiger partial charge in [-0.25, -0.2) is 0 Å². The third kappa shape index (κ3) is 4.51. The van der Waals surface area contributed by atoms with Gasteiger partial charge in [-0.15, -0.1) is 11.3 Å². The molecule has 5 aromatic heterocycles. The number of carbonyl (C=O) groups is 1. The number of pyridine rings is 2. The molecule has 3 N–H and O–H groups in total. The molecule has 0 unspecified atom stereocenters. The lowest BCUT2D eigenvalue weighted by Gasteiger charge is -2.07. The van der Waals surface area contributed by atoms with E-state index in [0.717, 1.165) is 62.7 Å². The van der Waals surface area contributed by atoms with Crippen LogP contribution in [0.25, 0.3) is 54.8 Å². The summed E-state index contributed by atoms with van der Waals surface area (Å²) in [6.45, 7) is 4.19. The van der Waals surface area contributed by atoms with Gasteiger partial charge in [0.15, 0.2) is 0 Å². The van der Waals surface area contributed by atoms with Crippen LogP contribution in [0.1, 0.15) is 31.1 Å². The predicted octanol–water partition coefficient (Wildman–Crippen LogP) is 7.33. The van der Waals surface area contributed by atoms with Gasteiger partial charge in [0.25, 0.3) is 0 Å². The first-order chi connectivity index (χ1) is 18.1. The zero-order valence-electron chi connectivity index (χ0n) is 20.6. The quantitative estimate of drug-likeness (QED) is 0.211. The maximum Gasteiger partial charge on any atom is 0.224 e. The van der Waals surface area contributed by atoms with Gasteiger partial charge in [-0.05, 0) is 55.3 Å². The van der Waals surface area contributed by atoms with Crippen molar-refractivity contribution in [3.05, 3.63) is 72.1 Å². The summed E-state index contributed by atoms with van der Waals surface area (Å²) >= 11 is 1.77. The molecule has 0 aliphatic carbocycles. The Kier molecular flexibility index (Phi) is 6.02. The molecule has 37 heavy (non-hydrogen) atoms. The van der Waals surface area contributed by atoms with E-state index in [1.165, 1.54) is 9.75 Å². The second-order valence-electron chi connectivity index (χ2n) is 9.19. The van der Waals surface area contributed by atoms with Crippen molar-refractivity contribution in [3.8, 4) is 33.0 Å². The van der Waals surface area contributed by atoms with Crippen LogP contribution in [0.4, 0.5) is 5.69 Å². The number of hydrogen-bond acceptors (Lipinski definition) is 5. The van der Waals surface area contributed by atoms with Gasteiger partial charge in [0, 0.05) is 50.5 Å². The first-order valence-corrected chi connectivity index (χ1v) is 13.2. The van der Waals surface area contributed by atoms with Crippen LogP contribution < -0.4 is 5.32 Å². The zero-order chi connectivity index (χ0) is 25.4. The Morgan fingerprint density at radius 2 is 1.84 bits per heavy atom. The largest absolute Gasteiger partial charge is 0.352 e. The number of thiophene rings is 1. The maximum absolute atomic E-state index is 12.2. The van der Waals surface area contributed by atoms with Gasteiger partial charge in [-0.2, -0.15) is 5.10 Å². The van der Waals surface area contributed by atoms with Crippen molar-refractivity contribution in [2.24, 2.45) is 0 Å². The lowest BCUT2D eigenvalue weighted by atomic mass is 10.0. The SMILES string of the molecule is CCCCC(=O)Nc1cncc(-c2ccc3[nH]nc(-c4cc5c(-c6ccc(C)s6)cncc5[nH]4)c3c2)c1. The van der Waals surface area contributed by atoms with E-state index in [0.29, 0.717) is 12.1 Å². The number of anilines is 1. The molecule has 0 saturated heterocycles. The van der Waals surface area contributed by atoms with Gasteiger partial charge < -0.3 is 10.3 Å². The molecule has 0 aliphatic heterocycles. The molecular weight excluding hydrogens is 480 g/mol. The van der Waals surface area contributed by atoms with E-state index < -0.39 is 0 Å². The number of amides is 1. The molecule has 8 heteroatoms. The molecule has 1 aromatic carbocycles. The molecule has 7 nitrogen and oxygen atoms in total. The van der Waals surface area contributed by atoms with Crippen molar-refractivity contribution in [3.63, 3.8) is 0 Å². The van der Waals surface area contributed by atoms with Gasteiger partial charge in [0.1, 0.15) is 5.69 Å². The average molecular weight is 507 g/mol. The monoisotopic (exact) mass is 506 g/mol. The van der Waals surface area contributed by atoms with E-state index in [1.807, 2.05) is 36.8 Å². The van der Waals surface area contributed by atoms with E-state index in [-0.39, 0.29) is 5.91 Å². The maximum atomic E-state index is 12.2. The molecule has 6 aromatic rings. The van der Waals surface area contributed by atoms with Gasteiger partial charge in [-0.3, -0.25) is 19.9 Å². The lowest BCUT2D eigenvalue weighted by Crippen LogP contribution is -2.11. The molecule has 0 saturated carbocycles. The predicted molar refractivity (Wildman–Crippen MR) is 151 cm³/mol. The highest BCUT2D eigenvalue weighted by Crippen LogP contribution is 2.37. The topological polar surface area (TPSA) is 99.3 Å². The minimum Gasteiger partial charge on any atom is -0.352 e. The Morgan fingerprint density at radius 3 is 2.68 bits per heavy atom. The summed E-state index contributed by atoms with van der Waals surface area (Å²) in [7, 11) is 0. The normalized spacial score (nSPS) is 11.4. The number of aromatic nitrogens is 5. The minimum atomic E-state index is 0.0127. The molecule has 5 heterocycles. The highest BCUT2D eigenvalue weighted by molar-refractivity contribution is 7.15. The van der Waals surface area contributed by atoms with Gasteiger partial charge >= 0.3 is 0 Å². The van der Waals surface area contributed by atoms with Crippen molar-refractivity contribution >= 4 is 44.7 Å². The first-order valence-electron chi connectivity index (χ1n) is 12.4. The highest BCUT2D eigenvalue weighted by atomic mass is 32.1. The minimum absolute atomic E-state index is 0.0127. The third-order valence-electron chi connectivity index (χ3n) is 6.48. The fraction of sp³-hybridized carbons (Fsp3) is 0.172. The van der Waals surface area contributed by atoms with E-state index in [1.54, 1.807) is 17.5 Å². The number of hydrogen-bond donors (Lipinski definition) is 3. The second kappa shape index (κ2) is 9.63. The molecule has 0 fully saturated rings. The lowest BCUT2D eigenvalue weighted by molar-refractivity contribution is -0.116. The van der Waals surface area contributed by atoms with Crippen LogP contribution in [0, 0.1) is 6.92 Å². The van der Waals surface area contributed by atoms with Crippen molar-refractivity contribution in [2.75, 3.05) is 5.32 Å². The molecule has 0 spiro atoms. The summed E-state index contributed by atoms with van der Waals surface area (Å²) < 4.78 is 0. The summed E-state index contributed by atoms with van der Waals surface area (Å²) in [6.07, 6.45) is 9.64. The third-order valence-corrected chi connectivity index (χ3v) is 7.52. The molecule has 6 rings (SSSR count). The number of aryl methyl sites for hydroxylation is 1. The number of benzene rings is 1. The average Bonchev–Trinajstić information content (AvgIpc) is 3.64. The highest BCUT2D eigenvalue weighted by Gasteiger charge is 2.15. The van der Waals surface area contributed by atoms with Crippen molar-refractivity contribution in [1.29, 1.82) is 0 Å². The Bertz CT molecular complexity index is 1740. The van der Waals surface area contributed by atoms with E-state index in [9.17, 15) is 4.79 Å². The molecule has 0 bridgehead atoms. The van der Waals surface area contributed by atoms with Crippen LogP contribution in [0.5, 0.6) is 0 Å². The van der Waals surface area contributed by atoms with E-state index in [4.69, 9.17) is 0 Å². The standard InChI is InChI=1S/C29H26N6OS/c1-3-4-5-28(36)32-20-10-19(13-30-14-20)18-7-8-24-22(11-18)29(35-34-24)25-12-21-23(15-31-16-26(21)33-25)27-9-6-17(2)37-27/h6-16,33H,3-5H2,1-2H3,(H,32,36)(H,34,35). The first kappa shape index (κ1) is 23.1. The van der Waals surface area contributed by atoms with Crippen LogP contribution in [0.2, 0.25) is 0 Å². The smallest absolute Gasteiger partial charge is 0.224 e. The number of nitrogens with one attached hydrogen (secondary N) is 3. The van der Waals surface area contributed by atoms with Crippen LogP contribution in [-0.2, 0) is 4.79 Å². The van der Waals surface area contributed by atoms with Gasteiger partial charge in [0.2, 0.25) is 5.91 Å². The van der Waals surface area contributed by atoms with Crippen LogP contribution in [0.15, 0.2) is 67.3 Å². The van der Waals surface area contributed by atoms with Crippen molar-refractivity contribution < 1.29 is 4.79 Å². The summed E-state index contributed by atoms with van der Waals surface area (Å²) in [5, 5.41) is 12.9. The summed E-state index contributed by atoms with van der Waals surface area (Å²) in [4.78, 5) is 27.0. The van der Waals surface area contributed by atoms with Crippen molar-refractivity contribution in [2.45, 2.75) is 33.1 Å². The number of aromatic amines is 2. The number of unbranched alkanes of at least 4 members (excludes halogenated alkanes) is 1. The molecular formula is C29H26N6OS. The summed E-state index contributed by atoms with van der Waals surface area (Å²) in [5.74, 6) is 0.0127. The van der Waals surface area contributed by atoms with Crippen LogP contribution in [0.3, 0.4) is 0 Å². The Morgan fingerprint density at radius 1 is 0.946 bits per heavy atom. The molecule has 0 atom stereocenters. The fourth-order valence-electron chi connectivity index (χ4n) is 4.58. The van der Waals surface area contributed by atoms with Crippen LogP contribution in [-0.4, -0.2) is 31.1 Å². The summed E-state index contributed by atoms with van der Waals surface area (Å²) in [5.41, 5.74) is 7.43. The molecule has 184 valence electrons. The zero-order valence-corrected chi connectivity index (χ0v) is 21.4. The van der Waals surface area contributed by atoms with E-state index >= 15 is 0 Å². The van der Waals surface area contributed by atoms with Gasteiger partial charge in [0.05, 0.1) is 34.8 Å². The van der Waals surface area contributed by atoms with Gasteiger partial charge in [-0.1, -0.05) is 19.4 Å². The Balaban J connectivity index is 1.37. The number of carbonyl (C=O) groups excluding carboxylic acids is 1. The molecule has 0 aliphatic rings. The van der Waals surface area contributed by atoms with Crippen molar-refractivity contribution in [1.82, 2.24) is 25.1 Å². The number of rotatable bonds is 7. The number of fused-ring (bicyclic) bond motifs is 2.